The van der Waals surface area contributed by atoms with E-state index in [1.165, 1.54) is 6.20 Å². The smallest absolute Gasteiger partial charge is 0.189 e. The predicted octanol–water partition coefficient (Wildman–Crippen LogP) is 1.53. The molecule has 2 unspecified atom stereocenters. The molecule has 5 nitrogen and oxygen atoms in total. The van der Waals surface area contributed by atoms with Gasteiger partial charge in [-0.05, 0) is 20.9 Å². The molecule has 0 amide bonds. The number of Topliss-reactive ketones (excluding diaryl/α,β-unsaturated/α-hetero) is 1. The average molecular weight is 272 g/mol. The summed E-state index contributed by atoms with van der Waals surface area (Å²) >= 11 is 6.09. The number of ketones is 1. The van der Waals surface area contributed by atoms with Crippen LogP contribution < -0.4 is 5.32 Å². The molecular weight excluding hydrogens is 254 g/mol. The molecule has 100 valence electrons. The Hall–Kier alpha value is -0.910. The van der Waals surface area contributed by atoms with E-state index >= 15 is 0 Å². The van der Waals surface area contributed by atoms with Crippen LogP contribution in [0.5, 0.6) is 0 Å². The van der Waals surface area contributed by atoms with Gasteiger partial charge in [-0.2, -0.15) is 5.10 Å². The SMILES string of the molecule is CNC1COCC1C(=O)c1c(Cl)cnn1C(C)C. The van der Waals surface area contributed by atoms with Crippen molar-refractivity contribution in [1.82, 2.24) is 15.1 Å². The van der Waals surface area contributed by atoms with E-state index in [1.807, 2.05) is 20.9 Å². The van der Waals surface area contributed by atoms with Gasteiger partial charge in [0.05, 0.1) is 30.4 Å². The van der Waals surface area contributed by atoms with Gasteiger partial charge in [0.2, 0.25) is 0 Å². The van der Waals surface area contributed by atoms with E-state index in [4.69, 9.17) is 16.3 Å². The summed E-state index contributed by atoms with van der Waals surface area (Å²) in [5.74, 6) is -0.190. The largest absolute Gasteiger partial charge is 0.379 e. The quantitative estimate of drug-likeness (QED) is 0.844. The zero-order valence-electron chi connectivity index (χ0n) is 10.8. The van der Waals surface area contributed by atoms with Crippen LogP contribution in [0.4, 0.5) is 0 Å². The Morgan fingerprint density at radius 2 is 2.33 bits per heavy atom. The van der Waals surface area contributed by atoms with E-state index in [2.05, 4.69) is 10.4 Å². The van der Waals surface area contributed by atoms with Gasteiger partial charge in [0, 0.05) is 12.1 Å². The molecule has 1 aromatic rings. The maximum atomic E-state index is 12.6. The zero-order chi connectivity index (χ0) is 13.3. The number of carbonyl (C=O) groups excluding carboxylic acids is 1. The number of hydrogen-bond acceptors (Lipinski definition) is 4. The highest BCUT2D eigenvalue weighted by Gasteiger charge is 2.36. The number of likely N-dealkylation sites (N-methyl/N-ethyl adjacent to an activating group) is 1. The second-order valence-electron chi connectivity index (χ2n) is 4.78. The van der Waals surface area contributed by atoms with Gasteiger partial charge in [-0.1, -0.05) is 11.6 Å². The Balaban J connectivity index is 2.31. The number of hydrogen-bond donors (Lipinski definition) is 1. The van der Waals surface area contributed by atoms with Crippen molar-refractivity contribution < 1.29 is 9.53 Å². The van der Waals surface area contributed by atoms with E-state index in [-0.39, 0.29) is 23.8 Å². The standard InChI is InChI=1S/C12H18ClN3O2/c1-7(2)16-11(9(13)4-15-16)12(17)8-5-18-6-10(8)14-3/h4,7-8,10,14H,5-6H2,1-3H3. The molecule has 1 aliphatic heterocycles. The summed E-state index contributed by atoms with van der Waals surface area (Å²) < 4.78 is 7.04. The lowest BCUT2D eigenvalue weighted by molar-refractivity contribution is 0.0879. The fraction of sp³-hybridized carbons (Fsp3) is 0.667. The lowest BCUT2D eigenvalue weighted by atomic mass is 9.96. The van der Waals surface area contributed by atoms with Crippen molar-refractivity contribution in [3.63, 3.8) is 0 Å². The number of nitrogens with zero attached hydrogens (tertiary/aromatic N) is 2. The van der Waals surface area contributed by atoms with Gasteiger partial charge in [-0.25, -0.2) is 0 Å². The monoisotopic (exact) mass is 271 g/mol. The summed E-state index contributed by atoms with van der Waals surface area (Å²) in [7, 11) is 1.83. The van der Waals surface area contributed by atoms with Gasteiger partial charge >= 0.3 is 0 Å². The molecule has 1 aliphatic rings. The summed E-state index contributed by atoms with van der Waals surface area (Å²) in [5.41, 5.74) is 0.488. The molecule has 1 N–H and O–H groups in total. The van der Waals surface area contributed by atoms with Crippen LogP contribution in [0.3, 0.4) is 0 Å². The summed E-state index contributed by atoms with van der Waals surface area (Å²) in [5, 5.41) is 7.68. The van der Waals surface area contributed by atoms with Gasteiger partial charge in [-0.15, -0.1) is 0 Å². The van der Waals surface area contributed by atoms with Crippen molar-refractivity contribution in [2.24, 2.45) is 5.92 Å². The van der Waals surface area contributed by atoms with Gasteiger partial charge in [0.1, 0.15) is 5.69 Å². The molecular formula is C12H18ClN3O2. The maximum Gasteiger partial charge on any atom is 0.189 e. The second kappa shape index (κ2) is 5.38. The van der Waals surface area contributed by atoms with Crippen LogP contribution in [0.25, 0.3) is 0 Å². The Morgan fingerprint density at radius 1 is 1.61 bits per heavy atom. The highest BCUT2D eigenvalue weighted by Crippen LogP contribution is 2.25. The first-order valence-corrected chi connectivity index (χ1v) is 6.46. The molecule has 6 heteroatoms. The molecule has 2 rings (SSSR count). The molecule has 1 aromatic heterocycles. The first kappa shape index (κ1) is 13.5. The van der Waals surface area contributed by atoms with Crippen LogP contribution in [0.15, 0.2) is 6.20 Å². The lowest BCUT2D eigenvalue weighted by Crippen LogP contribution is -2.37. The molecule has 0 aliphatic carbocycles. The Morgan fingerprint density at radius 3 is 2.94 bits per heavy atom. The van der Waals surface area contributed by atoms with Crippen molar-refractivity contribution in [2.75, 3.05) is 20.3 Å². The highest BCUT2D eigenvalue weighted by atomic mass is 35.5. The molecule has 0 saturated carbocycles. The fourth-order valence-corrected chi connectivity index (χ4v) is 2.46. The van der Waals surface area contributed by atoms with Crippen LogP contribution >= 0.6 is 11.6 Å². The Bertz CT molecular complexity index is 445. The summed E-state index contributed by atoms with van der Waals surface area (Å²) in [6, 6.07) is 0.149. The number of ether oxygens (including phenoxy) is 1. The van der Waals surface area contributed by atoms with E-state index in [1.54, 1.807) is 4.68 Å². The minimum Gasteiger partial charge on any atom is -0.379 e. The van der Waals surface area contributed by atoms with Crippen molar-refractivity contribution in [3.8, 4) is 0 Å². The molecule has 2 atom stereocenters. The number of halogens is 1. The van der Waals surface area contributed by atoms with Crippen LogP contribution in [-0.2, 0) is 4.74 Å². The highest BCUT2D eigenvalue weighted by molar-refractivity contribution is 6.33. The molecule has 0 aromatic carbocycles. The maximum absolute atomic E-state index is 12.6. The average Bonchev–Trinajstić information content (AvgIpc) is 2.93. The van der Waals surface area contributed by atoms with E-state index in [9.17, 15) is 4.79 Å². The van der Waals surface area contributed by atoms with Crippen molar-refractivity contribution in [3.05, 3.63) is 16.9 Å². The fourth-order valence-electron chi connectivity index (χ4n) is 2.24. The molecule has 0 radical (unpaired) electrons. The van der Waals surface area contributed by atoms with Crippen LogP contribution in [0.1, 0.15) is 30.4 Å². The molecule has 0 spiro atoms. The van der Waals surface area contributed by atoms with Crippen LogP contribution in [0.2, 0.25) is 5.02 Å². The first-order valence-electron chi connectivity index (χ1n) is 6.08. The van der Waals surface area contributed by atoms with Gasteiger partial charge < -0.3 is 10.1 Å². The molecule has 0 bridgehead atoms. The second-order valence-corrected chi connectivity index (χ2v) is 5.19. The van der Waals surface area contributed by atoms with Gasteiger partial charge in [-0.3, -0.25) is 9.48 Å². The molecule has 1 saturated heterocycles. The topological polar surface area (TPSA) is 56.1 Å². The number of carbonyl (C=O) groups is 1. The van der Waals surface area contributed by atoms with Crippen molar-refractivity contribution in [1.29, 1.82) is 0 Å². The number of nitrogens with one attached hydrogen (secondary N) is 1. The van der Waals surface area contributed by atoms with Crippen molar-refractivity contribution >= 4 is 17.4 Å². The van der Waals surface area contributed by atoms with E-state index in [0.29, 0.717) is 23.9 Å². The first-order chi connectivity index (χ1) is 8.56. The number of rotatable bonds is 4. The van der Waals surface area contributed by atoms with Gasteiger partial charge in [0.15, 0.2) is 5.78 Å². The molecule has 18 heavy (non-hydrogen) atoms. The normalized spacial score (nSPS) is 23.8. The van der Waals surface area contributed by atoms with Crippen LogP contribution in [-0.4, -0.2) is 41.9 Å². The predicted molar refractivity (Wildman–Crippen MR) is 69.1 cm³/mol. The minimum absolute atomic E-state index is 0.00282. The van der Waals surface area contributed by atoms with Crippen molar-refractivity contribution in [2.45, 2.75) is 25.9 Å². The zero-order valence-corrected chi connectivity index (χ0v) is 11.6. The molecule has 2 heterocycles. The summed E-state index contributed by atoms with van der Waals surface area (Å²) in [6.07, 6.45) is 1.53. The minimum atomic E-state index is -0.193. The third-order valence-electron chi connectivity index (χ3n) is 3.26. The number of aromatic nitrogens is 2. The third-order valence-corrected chi connectivity index (χ3v) is 3.54. The summed E-state index contributed by atoms with van der Waals surface area (Å²) in [4.78, 5) is 12.6. The molecule has 1 fully saturated rings. The van der Waals surface area contributed by atoms with E-state index < -0.39 is 0 Å². The Labute approximate surface area is 111 Å². The van der Waals surface area contributed by atoms with Crippen LogP contribution in [0, 0.1) is 5.92 Å². The van der Waals surface area contributed by atoms with Gasteiger partial charge in [0.25, 0.3) is 0 Å². The Kier molecular flexibility index (Phi) is 4.04. The summed E-state index contributed by atoms with van der Waals surface area (Å²) in [6.45, 7) is 4.94. The third kappa shape index (κ3) is 2.30. The van der Waals surface area contributed by atoms with E-state index in [0.717, 1.165) is 0 Å². The lowest BCUT2D eigenvalue weighted by Gasteiger charge is -2.17.